The van der Waals surface area contributed by atoms with Crippen molar-refractivity contribution in [3.8, 4) is 10.6 Å². The molecular weight excluding hydrogens is 699 g/mol. The Morgan fingerprint density at radius 2 is 1.62 bits per heavy atom. The molecule has 0 saturated carbocycles. The topological polar surface area (TPSA) is 50.2 Å². The van der Waals surface area contributed by atoms with Crippen molar-refractivity contribution in [1.82, 2.24) is 4.98 Å². The summed E-state index contributed by atoms with van der Waals surface area (Å²) in [6.07, 6.45) is 6.82. The molecule has 2 aromatic carbocycles. The maximum atomic E-state index is 11.7. The van der Waals surface area contributed by atoms with Crippen LogP contribution in [-0.2, 0) is 24.9 Å². The SMILES string of the molecule is CCC(CC)C(=O)/C=C(\O)C(CC)CC.Cc1[c-]c(-c2nccc3c2sc2cc4ccccc4cc23)sc1.[Ir]. The molecular formula is C33H36IrNO2S2-. The number of aryl methyl sites for hydroxylation is 1. The molecule has 0 aliphatic rings. The molecule has 207 valence electrons. The molecule has 0 fully saturated rings. The van der Waals surface area contributed by atoms with Gasteiger partial charge in [0.1, 0.15) is 0 Å². The molecule has 3 heterocycles. The van der Waals surface area contributed by atoms with E-state index in [1.807, 2.05) is 45.2 Å². The molecule has 0 spiro atoms. The number of fused-ring (bicyclic) bond motifs is 4. The molecule has 1 N–H and O–H groups in total. The van der Waals surface area contributed by atoms with Gasteiger partial charge in [-0.3, -0.25) is 4.79 Å². The van der Waals surface area contributed by atoms with Gasteiger partial charge in [-0.1, -0.05) is 63.8 Å². The van der Waals surface area contributed by atoms with E-state index in [4.69, 9.17) is 0 Å². The molecule has 39 heavy (non-hydrogen) atoms. The summed E-state index contributed by atoms with van der Waals surface area (Å²) in [5.74, 6) is 0.547. The third-order valence-electron chi connectivity index (χ3n) is 7.22. The summed E-state index contributed by atoms with van der Waals surface area (Å²) >= 11 is 3.55. The predicted octanol–water partition coefficient (Wildman–Crippen LogP) is 10.3. The van der Waals surface area contributed by atoms with Crippen LogP contribution < -0.4 is 0 Å². The summed E-state index contributed by atoms with van der Waals surface area (Å²) in [7, 11) is 0. The molecule has 0 amide bonds. The summed E-state index contributed by atoms with van der Waals surface area (Å²) in [5.41, 5.74) is 2.24. The van der Waals surface area contributed by atoms with Crippen molar-refractivity contribution >= 4 is 59.4 Å². The fourth-order valence-corrected chi connectivity index (χ4v) is 6.96. The molecule has 5 aromatic rings. The number of aromatic nitrogens is 1. The van der Waals surface area contributed by atoms with Crippen LogP contribution in [0.4, 0.5) is 0 Å². The van der Waals surface area contributed by atoms with Crippen molar-refractivity contribution in [2.24, 2.45) is 11.8 Å². The molecule has 3 aromatic heterocycles. The second kappa shape index (κ2) is 14.3. The molecule has 1 radical (unpaired) electrons. The van der Waals surface area contributed by atoms with Gasteiger partial charge in [0.05, 0.1) is 5.76 Å². The standard InChI is InChI=1S/C20H12NS2.C13H24O2.Ir/c1-12-8-18(22-11-12)19-20-15(6-7-21-19)16-9-13-4-2-3-5-14(13)10-17(16)23-20;1-5-10(6-2)12(14)9-13(15)11(7-3)8-4;/h2-7,9-11H,1H3;9-11,14H,5-8H2,1-4H3;/q-1;;/b;12-9-;. The van der Waals surface area contributed by atoms with Crippen LogP contribution in [0, 0.1) is 24.8 Å². The first-order valence-electron chi connectivity index (χ1n) is 13.5. The van der Waals surface area contributed by atoms with Crippen LogP contribution in [0.25, 0.3) is 41.5 Å². The number of carbonyl (C=O) groups excluding carboxylic acids is 1. The number of benzene rings is 2. The molecule has 0 aliphatic carbocycles. The molecule has 5 rings (SSSR count). The van der Waals surface area contributed by atoms with Gasteiger partial charge in [-0.05, 0) is 71.1 Å². The first-order chi connectivity index (χ1) is 18.4. The molecule has 0 atom stereocenters. The van der Waals surface area contributed by atoms with E-state index in [1.54, 1.807) is 11.3 Å². The van der Waals surface area contributed by atoms with Crippen LogP contribution in [0.3, 0.4) is 0 Å². The Labute approximate surface area is 253 Å². The van der Waals surface area contributed by atoms with Crippen LogP contribution in [0.2, 0.25) is 0 Å². The van der Waals surface area contributed by atoms with Gasteiger partial charge in [0.25, 0.3) is 0 Å². The summed E-state index contributed by atoms with van der Waals surface area (Å²) in [6, 6.07) is 18.7. The Kier molecular flexibility index (Phi) is 11.4. The Bertz CT molecular complexity index is 1580. The van der Waals surface area contributed by atoms with Crippen molar-refractivity contribution in [2.75, 3.05) is 0 Å². The molecule has 0 aliphatic heterocycles. The number of hydrogen-bond acceptors (Lipinski definition) is 5. The summed E-state index contributed by atoms with van der Waals surface area (Å²) in [4.78, 5) is 17.5. The van der Waals surface area contributed by atoms with E-state index in [2.05, 4.69) is 65.8 Å². The third kappa shape index (κ3) is 7.04. The van der Waals surface area contributed by atoms with Gasteiger partial charge >= 0.3 is 0 Å². The molecule has 0 bridgehead atoms. The van der Waals surface area contributed by atoms with Gasteiger partial charge in [-0.15, -0.1) is 16.7 Å². The number of carbonyl (C=O) groups is 1. The predicted molar refractivity (Wildman–Crippen MR) is 165 cm³/mol. The van der Waals surface area contributed by atoms with Crippen LogP contribution in [0.15, 0.2) is 65.9 Å². The number of hydrogen-bond donors (Lipinski definition) is 1. The molecule has 3 nitrogen and oxygen atoms in total. The molecule has 6 heteroatoms. The first-order valence-corrected chi connectivity index (χ1v) is 15.2. The maximum absolute atomic E-state index is 11.7. The number of aliphatic hydroxyl groups excluding tert-OH is 1. The second-order valence-corrected chi connectivity index (χ2v) is 11.6. The monoisotopic (exact) mass is 735 g/mol. The number of aliphatic hydroxyl groups is 1. The summed E-state index contributed by atoms with van der Waals surface area (Å²) in [6.45, 7) is 10.2. The van der Waals surface area contributed by atoms with E-state index in [0.29, 0.717) is 0 Å². The van der Waals surface area contributed by atoms with Crippen molar-refractivity contribution in [3.63, 3.8) is 0 Å². The fourth-order valence-electron chi connectivity index (χ4n) is 4.83. The minimum absolute atomic E-state index is 0. The Morgan fingerprint density at radius 3 is 2.21 bits per heavy atom. The van der Waals surface area contributed by atoms with E-state index in [1.165, 1.54) is 42.6 Å². The van der Waals surface area contributed by atoms with Gasteiger partial charge in [0, 0.05) is 53.6 Å². The minimum Gasteiger partial charge on any atom is -0.512 e. The number of ketones is 1. The van der Waals surface area contributed by atoms with E-state index in [9.17, 15) is 9.90 Å². The number of rotatable bonds is 8. The summed E-state index contributed by atoms with van der Waals surface area (Å²) in [5, 5.41) is 17.1. The average molecular weight is 735 g/mol. The third-order valence-corrected chi connectivity index (χ3v) is 9.39. The molecule has 0 saturated heterocycles. The zero-order valence-corrected chi connectivity index (χ0v) is 27.2. The Hall–Kier alpha value is -2.37. The Balaban J connectivity index is 0.000000233. The number of thiophene rings is 2. The molecule has 0 unspecified atom stereocenters. The van der Waals surface area contributed by atoms with E-state index in [-0.39, 0.29) is 43.5 Å². The zero-order chi connectivity index (χ0) is 27.2. The van der Waals surface area contributed by atoms with Crippen molar-refractivity contribution in [2.45, 2.75) is 60.3 Å². The largest absolute Gasteiger partial charge is 0.512 e. The van der Waals surface area contributed by atoms with Gasteiger partial charge in [0.15, 0.2) is 5.78 Å². The smallest absolute Gasteiger partial charge is 0.162 e. The van der Waals surface area contributed by atoms with Crippen LogP contribution in [0.5, 0.6) is 0 Å². The van der Waals surface area contributed by atoms with Gasteiger partial charge in [0.2, 0.25) is 0 Å². The normalized spacial score (nSPS) is 11.7. The van der Waals surface area contributed by atoms with Crippen molar-refractivity contribution in [1.29, 1.82) is 0 Å². The average Bonchev–Trinajstić information content (AvgIpc) is 3.52. The van der Waals surface area contributed by atoms with E-state index in [0.717, 1.165) is 36.3 Å². The van der Waals surface area contributed by atoms with Gasteiger partial charge in [-0.25, -0.2) is 11.3 Å². The van der Waals surface area contributed by atoms with Crippen LogP contribution in [-0.4, -0.2) is 15.9 Å². The first kappa shape index (κ1) is 31.2. The van der Waals surface area contributed by atoms with Crippen molar-refractivity contribution in [3.05, 3.63) is 77.5 Å². The minimum atomic E-state index is 0. The van der Waals surface area contributed by atoms with Gasteiger partial charge in [-0.2, -0.15) is 11.6 Å². The van der Waals surface area contributed by atoms with Crippen LogP contribution in [0.1, 0.15) is 58.9 Å². The quantitative estimate of drug-likeness (QED) is 0.0981. The fraction of sp³-hybridized carbons (Fsp3) is 0.333. The van der Waals surface area contributed by atoms with Crippen molar-refractivity contribution < 1.29 is 30.0 Å². The Morgan fingerprint density at radius 1 is 0.974 bits per heavy atom. The van der Waals surface area contributed by atoms with E-state index >= 15 is 0 Å². The number of nitrogens with zero attached hydrogens (tertiary/aromatic N) is 1. The zero-order valence-electron chi connectivity index (χ0n) is 23.2. The summed E-state index contributed by atoms with van der Waals surface area (Å²) < 4.78 is 2.58. The van der Waals surface area contributed by atoms with Crippen LogP contribution >= 0.6 is 22.7 Å². The number of pyridine rings is 1. The second-order valence-electron chi connectivity index (χ2n) is 9.71. The number of allylic oxidation sites excluding steroid dienone is 2. The van der Waals surface area contributed by atoms with Gasteiger partial charge < -0.3 is 10.1 Å². The maximum Gasteiger partial charge on any atom is 0.162 e. The van der Waals surface area contributed by atoms with E-state index < -0.39 is 0 Å².